The van der Waals surface area contributed by atoms with Gasteiger partial charge in [-0.15, -0.1) is 0 Å². The maximum absolute atomic E-state index is 13.3. The average Bonchev–Trinajstić information content (AvgIpc) is 3.41. The molecule has 4 rings (SSSR count). The largest absolute Gasteiger partial charge is 0.478 e. The number of benzene rings is 1. The number of aromatic nitrogens is 5. The number of hydrogen-bond acceptors (Lipinski definition) is 8. The number of rotatable bonds is 9. The Morgan fingerprint density at radius 1 is 1.19 bits per heavy atom. The fourth-order valence-corrected chi connectivity index (χ4v) is 4.88. The van der Waals surface area contributed by atoms with E-state index in [4.69, 9.17) is 25.8 Å². The molecule has 0 amide bonds. The third-order valence-electron chi connectivity index (χ3n) is 5.30. The van der Waals surface area contributed by atoms with Crippen LogP contribution in [0.3, 0.4) is 0 Å². The number of imidazole rings is 1. The maximum atomic E-state index is 13.3. The van der Waals surface area contributed by atoms with Crippen molar-refractivity contribution < 1.29 is 31.4 Å². The normalized spacial score (nSPS) is 11.8. The van der Waals surface area contributed by atoms with Crippen LogP contribution in [0.5, 0.6) is 17.5 Å². The number of ether oxygens (including phenoxy) is 3. The third kappa shape index (κ3) is 4.60. The fraction of sp³-hybridized carbons (Fsp3) is 0.286. The van der Waals surface area contributed by atoms with Crippen LogP contribution in [-0.2, 0) is 17.1 Å². The van der Waals surface area contributed by atoms with Crippen LogP contribution in [0.25, 0.3) is 22.2 Å². The molecule has 2 N–H and O–H groups in total. The molecule has 3 aromatic heterocycles. The third-order valence-corrected chi connectivity index (χ3v) is 6.98. The molecule has 0 saturated heterocycles. The number of hydrogen-bond donors (Lipinski definition) is 2. The summed E-state index contributed by atoms with van der Waals surface area (Å²) in [6, 6.07) is 3.14. The molecule has 15 heteroatoms. The lowest BCUT2D eigenvalue weighted by molar-refractivity contribution is 0.0781. The second-order valence-electron chi connectivity index (χ2n) is 7.49. The molecule has 0 bridgehead atoms. The van der Waals surface area contributed by atoms with E-state index in [1.165, 1.54) is 20.4 Å². The van der Waals surface area contributed by atoms with Gasteiger partial charge in [-0.05, 0) is 19.1 Å². The van der Waals surface area contributed by atoms with Crippen LogP contribution in [0.15, 0.2) is 29.6 Å². The molecule has 192 valence electrons. The summed E-state index contributed by atoms with van der Waals surface area (Å²) >= 11 is 6.46. The second kappa shape index (κ2) is 9.78. The van der Waals surface area contributed by atoms with Crippen LogP contribution in [0, 0.1) is 6.92 Å². The second-order valence-corrected chi connectivity index (χ2v) is 9.55. The number of aryl methyl sites for hydroxylation is 1. The highest BCUT2D eigenvalue weighted by atomic mass is 35.5. The van der Waals surface area contributed by atoms with Crippen LogP contribution in [0.1, 0.15) is 5.69 Å². The molecule has 0 radical (unpaired) electrons. The quantitative estimate of drug-likeness (QED) is 0.326. The molecule has 11 nitrogen and oxygen atoms in total. The first-order valence-electron chi connectivity index (χ1n) is 10.3. The van der Waals surface area contributed by atoms with E-state index in [0.717, 1.165) is 5.69 Å². The Hall–Kier alpha value is -3.65. The van der Waals surface area contributed by atoms with Crippen molar-refractivity contribution in [1.29, 1.82) is 0 Å². The van der Waals surface area contributed by atoms with Gasteiger partial charge < -0.3 is 23.8 Å². The highest BCUT2D eigenvalue weighted by Gasteiger charge is 2.26. The summed E-state index contributed by atoms with van der Waals surface area (Å²) in [6.45, 7) is 0.906. The number of sulfonamides is 1. The van der Waals surface area contributed by atoms with Crippen LogP contribution in [0.2, 0.25) is 5.02 Å². The van der Waals surface area contributed by atoms with E-state index >= 15 is 0 Å². The molecule has 0 aliphatic heterocycles. The number of nitrogens with zero attached hydrogens (tertiary/aromatic N) is 4. The Morgan fingerprint density at radius 3 is 2.42 bits per heavy atom. The van der Waals surface area contributed by atoms with E-state index in [9.17, 15) is 17.2 Å². The summed E-state index contributed by atoms with van der Waals surface area (Å²) in [5.41, 5.74) is 2.46. The van der Waals surface area contributed by atoms with Crippen LogP contribution in [-0.4, -0.2) is 60.2 Å². The van der Waals surface area contributed by atoms with E-state index in [0.29, 0.717) is 27.2 Å². The minimum absolute atomic E-state index is 0.108. The Labute approximate surface area is 209 Å². The zero-order valence-electron chi connectivity index (χ0n) is 19.5. The van der Waals surface area contributed by atoms with Gasteiger partial charge in [0.2, 0.25) is 11.7 Å². The Bertz CT molecular complexity index is 1510. The average molecular weight is 543 g/mol. The van der Waals surface area contributed by atoms with Crippen molar-refractivity contribution in [1.82, 2.24) is 24.5 Å². The van der Waals surface area contributed by atoms with Crippen LogP contribution in [0.4, 0.5) is 14.7 Å². The van der Waals surface area contributed by atoms with Crippen LogP contribution < -0.4 is 18.9 Å². The van der Waals surface area contributed by atoms with Crippen molar-refractivity contribution in [2.24, 2.45) is 7.05 Å². The van der Waals surface area contributed by atoms with Gasteiger partial charge in [-0.25, -0.2) is 26.9 Å². The Kier molecular flexibility index (Phi) is 6.91. The van der Waals surface area contributed by atoms with E-state index in [-0.39, 0.29) is 22.4 Å². The highest BCUT2D eigenvalue weighted by Crippen LogP contribution is 2.39. The molecule has 36 heavy (non-hydrogen) atoms. The Balaban J connectivity index is 1.76. The summed E-state index contributed by atoms with van der Waals surface area (Å²) in [5, 5.41) is 0.739. The summed E-state index contributed by atoms with van der Waals surface area (Å²) in [7, 11) is 0.00169. The summed E-state index contributed by atoms with van der Waals surface area (Å²) in [4.78, 5) is 15.1. The monoisotopic (exact) mass is 542 g/mol. The van der Waals surface area contributed by atoms with Crippen molar-refractivity contribution in [3.63, 3.8) is 0 Å². The molecular weight excluding hydrogens is 522 g/mol. The predicted molar refractivity (Wildman–Crippen MR) is 128 cm³/mol. The molecule has 0 spiro atoms. The molecule has 0 fully saturated rings. The first-order valence-corrected chi connectivity index (χ1v) is 12.1. The summed E-state index contributed by atoms with van der Waals surface area (Å²) < 4.78 is 71.0. The summed E-state index contributed by atoms with van der Waals surface area (Å²) in [6.07, 6.45) is 0.168. The van der Waals surface area contributed by atoms with Gasteiger partial charge in [0.25, 0.3) is 28.2 Å². The first kappa shape index (κ1) is 25.4. The molecule has 4 aromatic rings. The van der Waals surface area contributed by atoms with Gasteiger partial charge in [0.15, 0.2) is 0 Å². The smallest absolute Gasteiger partial charge is 0.272 e. The van der Waals surface area contributed by atoms with Gasteiger partial charge in [0.1, 0.15) is 11.5 Å². The van der Waals surface area contributed by atoms with Gasteiger partial charge in [0, 0.05) is 29.9 Å². The minimum atomic E-state index is -4.25. The lowest BCUT2D eigenvalue weighted by Gasteiger charge is -2.14. The minimum Gasteiger partial charge on any atom is -0.478 e. The number of alkyl halides is 2. The lowest BCUT2D eigenvalue weighted by atomic mass is 10.1. The number of H-pyrrole nitrogens is 1. The zero-order valence-corrected chi connectivity index (χ0v) is 21.0. The standard InChI is InChI=1S/C21H21ClF2N6O5S/c1-10-16(26-9-30(10)2)15-12(22)6-5-11-13(7-25-17(11)15)36(31,32)29-21-27-19(33-3)18(20(28-21)34-4)35-8-14(23)24/h5-7,9,14,25H,8H2,1-4H3,(H,27,28,29). The van der Waals surface area contributed by atoms with Crippen molar-refractivity contribution in [3.8, 4) is 28.8 Å². The zero-order chi connectivity index (χ0) is 26.2. The fourth-order valence-electron chi connectivity index (χ4n) is 3.52. The van der Waals surface area contributed by atoms with Crippen molar-refractivity contribution in [2.45, 2.75) is 18.2 Å². The molecule has 1 aromatic carbocycles. The van der Waals surface area contributed by atoms with E-state index in [1.54, 1.807) is 18.5 Å². The van der Waals surface area contributed by atoms with Gasteiger partial charge in [0.05, 0.1) is 36.8 Å². The predicted octanol–water partition coefficient (Wildman–Crippen LogP) is 3.78. The highest BCUT2D eigenvalue weighted by molar-refractivity contribution is 7.93. The molecule has 0 aliphatic rings. The van der Waals surface area contributed by atoms with Gasteiger partial charge in [-0.2, -0.15) is 9.97 Å². The number of aromatic amines is 1. The molecule has 0 saturated carbocycles. The molecule has 0 aliphatic carbocycles. The molecule has 0 atom stereocenters. The van der Waals surface area contributed by atoms with Gasteiger partial charge in [-0.3, -0.25) is 0 Å². The van der Waals surface area contributed by atoms with E-state index in [1.807, 2.05) is 18.5 Å². The topological polar surface area (TPSA) is 133 Å². The number of fused-ring (bicyclic) bond motifs is 1. The van der Waals surface area contributed by atoms with Crippen LogP contribution >= 0.6 is 11.6 Å². The Morgan fingerprint density at radius 2 is 1.86 bits per heavy atom. The van der Waals surface area contributed by atoms with Gasteiger partial charge >= 0.3 is 0 Å². The SMILES string of the molecule is COc1nc(NS(=O)(=O)c2c[nH]c3c(-c4ncn(C)c4C)c(Cl)ccc23)nc(OC)c1OCC(F)F. The number of nitrogens with one attached hydrogen (secondary N) is 2. The number of halogens is 3. The summed E-state index contributed by atoms with van der Waals surface area (Å²) in [5.74, 6) is -1.30. The van der Waals surface area contributed by atoms with E-state index < -0.39 is 29.0 Å². The molecule has 0 unspecified atom stereocenters. The maximum Gasteiger partial charge on any atom is 0.272 e. The van der Waals surface area contributed by atoms with Crippen molar-refractivity contribution in [3.05, 3.63) is 35.4 Å². The van der Waals surface area contributed by atoms with Crippen molar-refractivity contribution in [2.75, 3.05) is 25.5 Å². The first-order chi connectivity index (χ1) is 17.1. The number of anilines is 1. The molecular formula is C21H21ClF2N6O5S. The lowest BCUT2D eigenvalue weighted by Crippen LogP contribution is -2.16. The van der Waals surface area contributed by atoms with Crippen molar-refractivity contribution >= 4 is 38.5 Å². The molecule has 3 heterocycles. The van der Waals surface area contributed by atoms with Gasteiger partial charge in [-0.1, -0.05) is 11.6 Å². The van der Waals surface area contributed by atoms with E-state index in [2.05, 4.69) is 24.7 Å². The number of methoxy groups -OCH3 is 2.